The number of anilines is 1. The molecule has 0 aliphatic rings. The van der Waals surface area contributed by atoms with E-state index in [1.54, 1.807) is 69.3 Å². The lowest BCUT2D eigenvalue weighted by atomic mass is 9.99. The Bertz CT molecular complexity index is 5330. The molecule has 12 aromatic carbocycles. The van der Waals surface area contributed by atoms with E-state index in [-0.39, 0.29) is 50.0 Å². The smallest absolute Gasteiger partial charge is 0.299 e. The Morgan fingerprint density at radius 1 is 0.371 bits per heavy atom. The maximum absolute atomic E-state index is 12.3. The molecule has 6 N–H and O–H groups in total. The van der Waals surface area contributed by atoms with Gasteiger partial charge < -0.3 is 15.5 Å². The van der Waals surface area contributed by atoms with Crippen LogP contribution in [0.4, 0.5) is 45.5 Å². The zero-order chi connectivity index (χ0) is 95.3. The van der Waals surface area contributed by atoms with Crippen LogP contribution in [-0.2, 0) is 20.2 Å². The molecule has 0 bridgehead atoms. The molecular weight excluding hydrogens is 1590 g/mol. The number of amides is 1. The van der Waals surface area contributed by atoms with Gasteiger partial charge in [0.1, 0.15) is 16.3 Å². The van der Waals surface area contributed by atoms with Gasteiger partial charge in [-0.25, -0.2) is 4.68 Å². The van der Waals surface area contributed by atoms with Gasteiger partial charge in [-0.15, -0.1) is 15.3 Å². The van der Waals surface area contributed by atoms with Crippen molar-refractivity contribution in [2.24, 2.45) is 40.9 Å². The average molecular weight is 1730 g/mol. The highest BCUT2D eigenvalue weighted by Gasteiger charge is 2.22. The van der Waals surface area contributed by atoms with Crippen molar-refractivity contribution in [3.05, 3.63) is 310 Å². The van der Waals surface area contributed by atoms with Gasteiger partial charge in [-0.05, 0) is 189 Å². The molecule has 0 saturated heterocycles. The van der Waals surface area contributed by atoms with E-state index in [0.717, 1.165) is 44.6 Å². The fourth-order valence-corrected chi connectivity index (χ4v) is 10.8. The second kappa shape index (κ2) is 70.3. The van der Waals surface area contributed by atoms with Crippen molar-refractivity contribution in [2.75, 3.05) is 18.6 Å². The number of rotatable bonds is 11. The lowest BCUT2D eigenvalue weighted by Crippen LogP contribution is -2.15. The Kier molecular flexibility index (Phi) is 66.9. The normalized spacial score (nSPS) is 9.77. The maximum Gasteiger partial charge on any atom is 0.299 e. The summed E-state index contributed by atoms with van der Waals surface area (Å²) in [4.78, 5) is 24.4. The predicted octanol–water partition coefficient (Wildman–Crippen LogP) is 32.3. The minimum Gasteiger partial charge on any atom is -0.505 e. The molecular formula is C101H141N11O10S2. The van der Waals surface area contributed by atoms with Gasteiger partial charge in [0.15, 0.2) is 17.2 Å². The fraction of sp³-hybridized carbons (Fsp3) is 0.307. The summed E-state index contributed by atoms with van der Waals surface area (Å²) in [7, 11) is -6.58. The number of carbonyl (C=O) groups is 1. The highest BCUT2D eigenvalue weighted by atomic mass is 32.2. The SMILES string of the molecule is CC.CC.CC.CC.CC.CC.CC.CC.CC.CC.CCC.CN=Nc1c(C)[nH]n(-c2ccc(C(=O)Nc3ccccc3)cc2)c1=O.CS(=O)(=O)O.Cc1cc2c(S(=O)(=O)O)c(C)ccc2c(O)c1N=Nc1ccccc1.Cc1cc2cc(C)c(N=Nc3ccccc3)c(O)c2cc1C.c1ccc(N=Nc2ccccc2)cc1.c1ccc2ccccc2c1. The summed E-state index contributed by atoms with van der Waals surface area (Å²) >= 11 is 0. The van der Waals surface area contributed by atoms with Crippen LogP contribution in [0.15, 0.2) is 311 Å². The third-order valence-electron chi connectivity index (χ3n) is 14.9. The van der Waals surface area contributed by atoms with Crippen LogP contribution >= 0.6 is 0 Å². The number of aryl methyl sites for hydroxylation is 6. The number of nitrogens with one attached hydrogen (secondary N) is 2. The Morgan fingerprint density at radius 3 is 1.03 bits per heavy atom. The summed E-state index contributed by atoms with van der Waals surface area (Å²) in [6.45, 7) is 55.3. The van der Waals surface area contributed by atoms with Gasteiger partial charge in [-0.3, -0.25) is 23.8 Å². The van der Waals surface area contributed by atoms with Crippen LogP contribution in [0.25, 0.3) is 38.0 Å². The average Bonchev–Trinajstić information content (AvgIpc) is 0.943. The van der Waals surface area contributed by atoms with E-state index < -0.39 is 20.2 Å². The molecule has 1 heterocycles. The van der Waals surface area contributed by atoms with Crippen molar-refractivity contribution < 1.29 is 40.9 Å². The Labute approximate surface area is 742 Å². The number of benzene rings is 12. The minimum atomic E-state index is -4.43. The van der Waals surface area contributed by atoms with Gasteiger partial charge in [0.25, 0.3) is 31.7 Å². The zero-order valence-corrected chi connectivity index (χ0v) is 80.7. The summed E-state index contributed by atoms with van der Waals surface area (Å²) in [6, 6.07) is 81.4. The number of aromatic nitrogens is 2. The zero-order valence-electron chi connectivity index (χ0n) is 79.1. The molecule has 0 atom stereocenters. The third-order valence-corrected chi connectivity index (χ3v) is 16.0. The topological polar surface area (TPSA) is 315 Å². The molecule has 672 valence electrons. The molecule has 13 aromatic rings. The number of hydrogen-bond acceptors (Lipinski definition) is 16. The number of carbonyl (C=O) groups excluding carboxylic acids is 1. The first kappa shape index (κ1) is 118. The van der Waals surface area contributed by atoms with Gasteiger partial charge in [0.05, 0.1) is 40.4 Å². The van der Waals surface area contributed by atoms with Gasteiger partial charge >= 0.3 is 0 Å². The van der Waals surface area contributed by atoms with Gasteiger partial charge in [-0.1, -0.05) is 316 Å². The van der Waals surface area contributed by atoms with E-state index in [1.165, 1.54) is 40.6 Å². The monoisotopic (exact) mass is 1730 g/mol. The number of nitrogens with zero attached hydrogens (tertiary/aromatic N) is 9. The lowest BCUT2D eigenvalue weighted by molar-refractivity contribution is 0.102. The molecule has 0 aliphatic heterocycles. The van der Waals surface area contributed by atoms with Gasteiger partial charge in [-0.2, -0.15) is 42.4 Å². The van der Waals surface area contributed by atoms with Crippen molar-refractivity contribution in [1.29, 1.82) is 0 Å². The number of aromatic hydroxyl groups is 2. The second-order valence-corrected chi connectivity index (χ2v) is 26.2. The van der Waals surface area contributed by atoms with Crippen molar-refractivity contribution >= 4 is 104 Å². The number of azo groups is 4. The minimum absolute atomic E-state index is 0.181. The molecule has 0 unspecified atom stereocenters. The van der Waals surface area contributed by atoms with Crippen molar-refractivity contribution in [3.63, 3.8) is 0 Å². The number of H-pyrrole nitrogens is 1. The Morgan fingerprint density at radius 2 is 0.677 bits per heavy atom. The molecule has 21 nitrogen and oxygen atoms in total. The van der Waals surface area contributed by atoms with Crippen LogP contribution < -0.4 is 10.9 Å². The van der Waals surface area contributed by atoms with E-state index in [4.69, 9.17) is 4.55 Å². The fourth-order valence-electron chi connectivity index (χ4n) is 9.90. The maximum atomic E-state index is 12.3. The highest BCUT2D eigenvalue weighted by molar-refractivity contribution is 7.86. The van der Waals surface area contributed by atoms with E-state index in [0.29, 0.717) is 45.7 Å². The first-order valence-corrected chi connectivity index (χ1v) is 45.9. The predicted molar refractivity (Wildman–Crippen MR) is 530 cm³/mol. The van der Waals surface area contributed by atoms with Gasteiger partial charge in [0.2, 0.25) is 0 Å². The summed E-state index contributed by atoms with van der Waals surface area (Å²) in [6.07, 6.45) is 1.97. The third kappa shape index (κ3) is 43.5. The van der Waals surface area contributed by atoms with Crippen molar-refractivity contribution in [3.8, 4) is 17.2 Å². The van der Waals surface area contributed by atoms with Crippen LogP contribution in [0.1, 0.15) is 203 Å². The van der Waals surface area contributed by atoms with Crippen molar-refractivity contribution in [2.45, 2.75) is 205 Å². The summed E-state index contributed by atoms with van der Waals surface area (Å²) in [5, 5.41) is 64.2. The van der Waals surface area contributed by atoms with Crippen LogP contribution in [-0.4, -0.2) is 65.1 Å². The molecule has 1 aromatic heterocycles. The van der Waals surface area contributed by atoms with Crippen LogP contribution in [0.3, 0.4) is 0 Å². The van der Waals surface area contributed by atoms with Gasteiger partial charge in [0, 0.05) is 34.5 Å². The Balaban J connectivity index is -0.000000687. The molecule has 13 rings (SSSR count). The largest absolute Gasteiger partial charge is 0.505 e. The molecule has 23 heteroatoms. The molecule has 0 spiro atoms. The van der Waals surface area contributed by atoms with E-state index in [9.17, 15) is 41.2 Å². The molecule has 124 heavy (non-hydrogen) atoms. The molecule has 0 fully saturated rings. The van der Waals surface area contributed by atoms with Crippen LogP contribution in [0.5, 0.6) is 11.5 Å². The van der Waals surface area contributed by atoms with Crippen LogP contribution in [0, 0.1) is 41.5 Å². The number of aromatic amines is 1. The first-order chi connectivity index (χ1) is 59.8. The summed E-state index contributed by atoms with van der Waals surface area (Å²) < 4.78 is 60.2. The van der Waals surface area contributed by atoms with Crippen molar-refractivity contribution in [1.82, 2.24) is 9.78 Å². The lowest BCUT2D eigenvalue weighted by Gasteiger charge is -2.12. The quantitative estimate of drug-likeness (QED) is 0.0525. The molecule has 0 radical (unpaired) electrons. The molecule has 1 amide bonds. The van der Waals surface area contributed by atoms with E-state index >= 15 is 0 Å². The number of hydrogen-bond donors (Lipinski definition) is 6. The number of phenolic OH excluding ortho intramolecular Hbond substituents is 2. The highest BCUT2D eigenvalue weighted by Crippen LogP contribution is 2.43. The number of para-hydroxylation sites is 1. The second-order valence-electron chi connectivity index (χ2n) is 23.3. The first-order valence-electron chi connectivity index (χ1n) is 42.6. The summed E-state index contributed by atoms with van der Waals surface area (Å²) in [5.74, 6) is -0.203. The Hall–Kier alpha value is -12.3. The molecule has 0 aliphatic carbocycles. The standard InChI is InChI=1S/C19H18N2O.C18H17N5O2.C18H16N2O4S.C12H10N2.C10H8.C3H8.10C2H6.CH4O3S/c1-12-9-15-10-14(3)18(19(22)17(15)11-13(12)2)21-20-16-7-5-4-6-8-16;1-12-16(21-19-2)18(25)23(22-12)15-10-8-13(9-11-15)17(24)20-14-6-4-3-5-7-14;1-11-8-9-14-15(18(11)25(22,23)24)10-12(2)16(17(14)21)20-19-13-6-4-3-5-7-13;1-3-7-11(8-4-1)13-14-12-9-5-2-6-10-12;1-2-6-10-8-4-3-7-9(10)5-1;1-3-2;10*1-2;1-5(2,3)4/h4-11,22H,1-3H3;3-11,22H,1-2H3,(H,20,24);3-10,21H,1-2H3,(H,22,23,24);1-10H;1-8H;3H2,1-2H3;10*1-2H3;1H3,(H,2,3,4). The van der Waals surface area contributed by atoms with E-state index in [2.05, 4.69) is 127 Å². The summed E-state index contributed by atoms with van der Waals surface area (Å²) in [5.41, 5.74) is 10.6. The molecule has 0 saturated carbocycles. The van der Waals surface area contributed by atoms with Crippen LogP contribution in [0.2, 0.25) is 0 Å². The number of fused-ring (bicyclic) bond motifs is 3. The van der Waals surface area contributed by atoms with E-state index in [1.807, 2.05) is 304 Å². The number of phenols is 2.